The number of nitrogens with one attached hydrogen (secondary N) is 1. The molecule has 0 spiro atoms. The maximum atomic E-state index is 11.4. The average molecular weight is 186 g/mol. The van der Waals surface area contributed by atoms with Crippen LogP contribution in [0, 0.1) is 0 Å². The quantitative estimate of drug-likeness (QED) is 0.597. The number of primary amides is 1. The minimum atomic E-state index is -0.435. The summed E-state index contributed by atoms with van der Waals surface area (Å²) in [6, 6.07) is -0.387. The van der Waals surface area contributed by atoms with E-state index in [1.54, 1.807) is 0 Å². The zero-order chi connectivity index (χ0) is 10.3. The highest BCUT2D eigenvalue weighted by atomic mass is 16.1. The summed E-state index contributed by atoms with van der Waals surface area (Å²) in [6.45, 7) is 4.51. The van der Waals surface area contributed by atoms with E-state index >= 15 is 0 Å². The Morgan fingerprint density at radius 2 is 2.00 bits per heavy atom. The van der Waals surface area contributed by atoms with Crippen LogP contribution in [0.5, 0.6) is 0 Å². The molecule has 1 amide bonds. The van der Waals surface area contributed by atoms with Crippen LogP contribution in [0.25, 0.3) is 0 Å². The van der Waals surface area contributed by atoms with Gasteiger partial charge in [0.15, 0.2) is 0 Å². The first-order valence-corrected chi connectivity index (χ1v) is 4.66. The summed E-state index contributed by atoms with van der Waals surface area (Å²) in [6.07, 6.45) is 1.41. The van der Waals surface area contributed by atoms with Gasteiger partial charge < -0.3 is 11.1 Å². The molecule has 0 aromatic heterocycles. The van der Waals surface area contributed by atoms with Crippen LogP contribution in [0.1, 0.15) is 33.1 Å². The van der Waals surface area contributed by atoms with E-state index in [0.29, 0.717) is 13.0 Å². The van der Waals surface area contributed by atoms with Crippen molar-refractivity contribution in [2.24, 2.45) is 5.73 Å². The van der Waals surface area contributed by atoms with E-state index in [2.05, 4.69) is 5.32 Å². The fourth-order valence-electron chi connectivity index (χ4n) is 1.17. The summed E-state index contributed by atoms with van der Waals surface area (Å²) in [5.74, 6) is -0.362. The second kappa shape index (κ2) is 6.60. The van der Waals surface area contributed by atoms with Crippen LogP contribution < -0.4 is 11.1 Å². The lowest BCUT2D eigenvalue weighted by atomic mass is 10.0. The van der Waals surface area contributed by atoms with Crippen molar-refractivity contribution in [2.75, 3.05) is 6.54 Å². The fourth-order valence-corrected chi connectivity index (χ4v) is 1.17. The number of carbonyl (C=O) groups is 2. The van der Waals surface area contributed by atoms with Crippen molar-refractivity contribution < 1.29 is 9.59 Å². The SMILES string of the molecule is CCCC(=O)C(CC(N)=O)NCC. The normalized spacial score (nSPS) is 12.5. The molecule has 0 fully saturated rings. The van der Waals surface area contributed by atoms with E-state index in [1.807, 2.05) is 13.8 Å². The molecule has 0 saturated carbocycles. The summed E-state index contributed by atoms with van der Waals surface area (Å²) in [7, 11) is 0. The Morgan fingerprint density at radius 3 is 2.38 bits per heavy atom. The molecule has 3 N–H and O–H groups in total. The van der Waals surface area contributed by atoms with Gasteiger partial charge in [0.2, 0.25) is 5.91 Å². The number of carbonyl (C=O) groups excluding carboxylic acids is 2. The number of hydrogen-bond acceptors (Lipinski definition) is 3. The number of hydrogen-bond donors (Lipinski definition) is 2. The van der Waals surface area contributed by atoms with Gasteiger partial charge in [0, 0.05) is 12.8 Å². The molecule has 76 valence electrons. The predicted octanol–water partition coefficient (Wildman–Crippen LogP) is 0.209. The van der Waals surface area contributed by atoms with E-state index in [9.17, 15) is 9.59 Å². The first-order chi connectivity index (χ1) is 6.11. The minimum absolute atomic E-state index is 0.0724. The van der Waals surface area contributed by atoms with Gasteiger partial charge >= 0.3 is 0 Å². The maximum absolute atomic E-state index is 11.4. The lowest BCUT2D eigenvalue weighted by Crippen LogP contribution is -2.39. The molecule has 0 radical (unpaired) electrons. The molecule has 0 aliphatic heterocycles. The second-order valence-corrected chi connectivity index (χ2v) is 3.00. The fraction of sp³-hybridized carbons (Fsp3) is 0.778. The molecule has 0 aliphatic carbocycles. The van der Waals surface area contributed by atoms with Gasteiger partial charge in [-0.3, -0.25) is 9.59 Å². The van der Waals surface area contributed by atoms with Crippen molar-refractivity contribution >= 4 is 11.7 Å². The average Bonchev–Trinajstić information content (AvgIpc) is 2.03. The van der Waals surface area contributed by atoms with Crippen LogP contribution in [0.4, 0.5) is 0 Å². The topological polar surface area (TPSA) is 72.2 Å². The first-order valence-electron chi connectivity index (χ1n) is 4.66. The van der Waals surface area contributed by atoms with Gasteiger partial charge in [0.1, 0.15) is 5.78 Å². The van der Waals surface area contributed by atoms with Crippen LogP contribution in [0.2, 0.25) is 0 Å². The van der Waals surface area contributed by atoms with E-state index in [0.717, 1.165) is 6.42 Å². The van der Waals surface area contributed by atoms with E-state index in [1.165, 1.54) is 0 Å². The molecule has 1 unspecified atom stereocenters. The van der Waals surface area contributed by atoms with Gasteiger partial charge in [-0.05, 0) is 13.0 Å². The third-order valence-corrected chi connectivity index (χ3v) is 1.74. The Kier molecular flexibility index (Phi) is 6.14. The smallest absolute Gasteiger partial charge is 0.219 e. The lowest BCUT2D eigenvalue weighted by molar-refractivity contribution is -0.125. The van der Waals surface area contributed by atoms with Crippen LogP contribution in [0.15, 0.2) is 0 Å². The van der Waals surface area contributed by atoms with Crippen LogP contribution >= 0.6 is 0 Å². The van der Waals surface area contributed by atoms with E-state index in [4.69, 9.17) is 5.73 Å². The van der Waals surface area contributed by atoms with E-state index in [-0.39, 0.29) is 18.2 Å². The van der Waals surface area contributed by atoms with Crippen LogP contribution in [0.3, 0.4) is 0 Å². The molecule has 0 heterocycles. The molecule has 0 aromatic rings. The van der Waals surface area contributed by atoms with Gasteiger partial charge in [0.05, 0.1) is 6.04 Å². The number of Topliss-reactive ketones (excluding diaryl/α,β-unsaturated/α-hetero) is 1. The molecule has 0 aliphatic rings. The van der Waals surface area contributed by atoms with Crippen molar-refractivity contribution in [2.45, 2.75) is 39.2 Å². The highest BCUT2D eigenvalue weighted by Crippen LogP contribution is 1.99. The standard InChI is InChI=1S/C9H18N2O2/c1-3-5-8(12)7(11-4-2)6-9(10)13/h7,11H,3-6H2,1-2H3,(H2,10,13). The predicted molar refractivity (Wildman–Crippen MR) is 51.2 cm³/mol. The molecule has 4 heteroatoms. The summed E-state index contributed by atoms with van der Waals surface area (Å²) in [4.78, 5) is 22.0. The Bertz CT molecular complexity index is 180. The molecule has 0 aromatic carbocycles. The van der Waals surface area contributed by atoms with Crippen molar-refractivity contribution in [1.29, 1.82) is 0 Å². The minimum Gasteiger partial charge on any atom is -0.370 e. The highest BCUT2D eigenvalue weighted by Gasteiger charge is 2.17. The van der Waals surface area contributed by atoms with Crippen molar-refractivity contribution in [3.05, 3.63) is 0 Å². The van der Waals surface area contributed by atoms with E-state index < -0.39 is 5.91 Å². The summed E-state index contributed by atoms with van der Waals surface area (Å²) in [5.41, 5.74) is 5.03. The van der Waals surface area contributed by atoms with Gasteiger partial charge in [-0.1, -0.05) is 13.8 Å². The molecule has 0 bridgehead atoms. The highest BCUT2D eigenvalue weighted by molar-refractivity contribution is 5.89. The van der Waals surface area contributed by atoms with Crippen LogP contribution in [-0.4, -0.2) is 24.3 Å². The zero-order valence-corrected chi connectivity index (χ0v) is 8.30. The van der Waals surface area contributed by atoms with Crippen molar-refractivity contribution in [1.82, 2.24) is 5.32 Å². The molecule has 1 atom stereocenters. The molecule has 4 nitrogen and oxygen atoms in total. The third kappa shape index (κ3) is 5.36. The zero-order valence-electron chi connectivity index (χ0n) is 8.30. The Balaban J connectivity index is 4.06. The third-order valence-electron chi connectivity index (χ3n) is 1.74. The van der Waals surface area contributed by atoms with Crippen LogP contribution in [-0.2, 0) is 9.59 Å². The first kappa shape index (κ1) is 12.1. The van der Waals surface area contributed by atoms with Gasteiger partial charge in [-0.25, -0.2) is 0 Å². The molecular formula is C9H18N2O2. The lowest BCUT2D eigenvalue weighted by Gasteiger charge is -2.13. The Labute approximate surface area is 78.9 Å². The summed E-state index contributed by atoms with van der Waals surface area (Å²) >= 11 is 0. The molecule has 13 heavy (non-hydrogen) atoms. The molecule has 0 rings (SSSR count). The van der Waals surface area contributed by atoms with Gasteiger partial charge in [0.25, 0.3) is 0 Å². The number of nitrogens with two attached hydrogens (primary N) is 1. The maximum Gasteiger partial charge on any atom is 0.219 e. The van der Waals surface area contributed by atoms with Crippen molar-refractivity contribution in [3.8, 4) is 0 Å². The second-order valence-electron chi connectivity index (χ2n) is 3.00. The largest absolute Gasteiger partial charge is 0.370 e. The number of rotatable bonds is 7. The number of likely N-dealkylation sites (N-methyl/N-ethyl adjacent to an activating group) is 1. The number of amides is 1. The van der Waals surface area contributed by atoms with Gasteiger partial charge in [-0.2, -0.15) is 0 Å². The van der Waals surface area contributed by atoms with Gasteiger partial charge in [-0.15, -0.1) is 0 Å². The molecular weight excluding hydrogens is 168 g/mol. The molecule has 0 saturated heterocycles. The Hall–Kier alpha value is -0.900. The summed E-state index contributed by atoms with van der Waals surface area (Å²) in [5, 5.41) is 2.95. The summed E-state index contributed by atoms with van der Waals surface area (Å²) < 4.78 is 0. The Morgan fingerprint density at radius 1 is 1.38 bits per heavy atom. The van der Waals surface area contributed by atoms with Crippen molar-refractivity contribution in [3.63, 3.8) is 0 Å². The monoisotopic (exact) mass is 186 g/mol. The number of ketones is 1.